The zero-order chi connectivity index (χ0) is 10.4. The van der Waals surface area contributed by atoms with Crippen molar-refractivity contribution in [3.63, 3.8) is 0 Å². The molecule has 84 valence electrons. The second-order valence-electron chi connectivity index (χ2n) is 4.49. The van der Waals surface area contributed by atoms with E-state index in [0.29, 0.717) is 0 Å². The highest BCUT2D eigenvalue weighted by atomic mass is 32.2. The summed E-state index contributed by atoms with van der Waals surface area (Å²) in [7, 11) is 2.13. The standard InChI is InChI=1S/C12H25NS/c1-4-10(2)14-9-12(13-3)11-7-5-6-8-11/h10-13H,4-9H2,1-3H3. The number of hydrogen-bond donors (Lipinski definition) is 1. The molecule has 0 aromatic rings. The predicted molar refractivity (Wildman–Crippen MR) is 67.0 cm³/mol. The largest absolute Gasteiger partial charge is 0.316 e. The first-order chi connectivity index (χ1) is 6.77. The molecule has 1 nitrogen and oxygen atoms in total. The summed E-state index contributed by atoms with van der Waals surface area (Å²) in [4.78, 5) is 0. The van der Waals surface area contributed by atoms with Crippen LogP contribution in [0.15, 0.2) is 0 Å². The van der Waals surface area contributed by atoms with Crippen molar-refractivity contribution in [3.8, 4) is 0 Å². The van der Waals surface area contributed by atoms with Gasteiger partial charge in [-0.3, -0.25) is 0 Å². The van der Waals surface area contributed by atoms with E-state index < -0.39 is 0 Å². The van der Waals surface area contributed by atoms with E-state index in [0.717, 1.165) is 17.2 Å². The van der Waals surface area contributed by atoms with Crippen molar-refractivity contribution in [2.24, 2.45) is 5.92 Å². The molecule has 0 aliphatic heterocycles. The molecule has 1 N–H and O–H groups in total. The molecule has 1 aliphatic carbocycles. The van der Waals surface area contributed by atoms with Crippen LogP contribution in [0.5, 0.6) is 0 Å². The summed E-state index contributed by atoms with van der Waals surface area (Å²) >= 11 is 2.13. The summed E-state index contributed by atoms with van der Waals surface area (Å²) in [5, 5.41) is 4.33. The van der Waals surface area contributed by atoms with Crippen molar-refractivity contribution in [2.75, 3.05) is 12.8 Å². The summed E-state index contributed by atoms with van der Waals surface area (Å²) < 4.78 is 0. The SMILES string of the molecule is CCC(C)SCC(NC)C1CCCC1. The van der Waals surface area contributed by atoms with Gasteiger partial charge in [-0.25, -0.2) is 0 Å². The van der Waals surface area contributed by atoms with Crippen LogP contribution >= 0.6 is 11.8 Å². The summed E-state index contributed by atoms with van der Waals surface area (Å²) in [6.45, 7) is 4.62. The topological polar surface area (TPSA) is 12.0 Å². The summed E-state index contributed by atoms with van der Waals surface area (Å²) in [6.07, 6.45) is 7.11. The van der Waals surface area contributed by atoms with Crippen LogP contribution in [0, 0.1) is 5.92 Å². The van der Waals surface area contributed by atoms with Gasteiger partial charge in [0.1, 0.15) is 0 Å². The Labute approximate surface area is 93.4 Å². The first-order valence-electron chi connectivity index (χ1n) is 6.06. The van der Waals surface area contributed by atoms with E-state index in [4.69, 9.17) is 0 Å². The van der Waals surface area contributed by atoms with Crippen molar-refractivity contribution in [2.45, 2.75) is 57.2 Å². The lowest BCUT2D eigenvalue weighted by molar-refractivity contribution is 0.410. The highest BCUT2D eigenvalue weighted by Gasteiger charge is 2.23. The van der Waals surface area contributed by atoms with Crippen molar-refractivity contribution in [1.82, 2.24) is 5.32 Å². The van der Waals surface area contributed by atoms with Crippen molar-refractivity contribution >= 4 is 11.8 Å². The Balaban J connectivity index is 2.23. The number of nitrogens with one attached hydrogen (secondary N) is 1. The summed E-state index contributed by atoms with van der Waals surface area (Å²) in [5.41, 5.74) is 0. The van der Waals surface area contributed by atoms with Gasteiger partial charge in [0, 0.05) is 17.0 Å². The lowest BCUT2D eigenvalue weighted by Gasteiger charge is -2.23. The minimum atomic E-state index is 0.761. The van der Waals surface area contributed by atoms with E-state index in [9.17, 15) is 0 Å². The van der Waals surface area contributed by atoms with Crippen LogP contribution in [0.1, 0.15) is 46.0 Å². The number of rotatable bonds is 6. The average molecular weight is 215 g/mol. The molecule has 0 heterocycles. The van der Waals surface area contributed by atoms with Crippen LogP contribution in [0.3, 0.4) is 0 Å². The predicted octanol–water partition coefficient (Wildman–Crippen LogP) is 3.30. The van der Waals surface area contributed by atoms with E-state index >= 15 is 0 Å². The summed E-state index contributed by atoms with van der Waals surface area (Å²) in [6, 6.07) is 0.761. The van der Waals surface area contributed by atoms with E-state index in [2.05, 4.69) is 38.0 Å². The molecular weight excluding hydrogens is 190 g/mol. The monoisotopic (exact) mass is 215 g/mol. The Hall–Kier alpha value is 0.310. The van der Waals surface area contributed by atoms with Crippen molar-refractivity contribution in [1.29, 1.82) is 0 Å². The van der Waals surface area contributed by atoms with E-state index in [-0.39, 0.29) is 0 Å². The van der Waals surface area contributed by atoms with Crippen LogP contribution < -0.4 is 5.32 Å². The second-order valence-corrected chi connectivity index (χ2v) is 5.96. The van der Waals surface area contributed by atoms with Gasteiger partial charge >= 0.3 is 0 Å². The minimum Gasteiger partial charge on any atom is -0.316 e. The Morgan fingerprint density at radius 1 is 1.36 bits per heavy atom. The molecule has 1 saturated carbocycles. The Morgan fingerprint density at radius 3 is 2.50 bits per heavy atom. The first-order valence-corrected chi connectivity index (χ1v) is 7.11. The van der Waals surface area contributed by atoms with Gasteiger partial charge in [0.15, 0.2) is 0 Å². The molecule has 1 rings (SSSR count). The van der Waals surface area contributed by atoms with Gasteiger partial charge in [-0.05, 0) is 32.2 Å². The molecule has 2 unspecified atom stereocenters. The quantitative estimate of drug-likeness (QED) is 0.729. The molecule has 14 heavy (non-hydrogen) atoms. The van der Waals surface area contributed by atoms with Crippen molar-refractivity contribution < 1.29 is 0 Å². The Kier molecular flexibility index (Phi) is 5.95. The molecule has 0 bridgehead atoms. The third-order valence-electron chi connectivity index (χ3n) is 3.47. The van der Waals surface area contributed by atoms with Gasteiger partial charge < -0.3 is 5.32 Å². The molecule has 0 saturated heterocycles. The van der Waals surface area contributed by atoms with E-state index in [1.807, 2.05) is 0 Å². The highest BCUT2D eigenvalue weighted by Crippen LogP contribution is 2.29. The third kappa shape index (κ3) is 3.82. The Morgan fingerprint density at radius 2 is 2.00 bits per heavy atom. The van der Waals surface area contributed by atoms with Crippen molar-refractivity contribution in [3.05, 3.63) is 0 Å². The molecular formula is C12H25NS. The van der Waals surface area contributed by atoms with Gasteiger partial charge in [0.2, 0.25) is 0 Å². The fraction of sp³-hybridized carbons (Fsp3) is 1.00. The van der Waals surface area contributed by atoms with Gasteiger partial charge in [0.25, 0.3) is 0 Å². The Bertz CT molecular complexity index is 143. The lowest BCUT2D eigenvalue weighted by Crippen LogP contribution is -2.35. The average Bonchev–Trinajstić information content (AvgIpc) is 2.72. The molecule has 0 radical (unpaired) electrons. The first kappa shape index (κ1) is 12.4. The molecule has 0 aromatic carbocycles. The minimum absolute atomic E-state index is 0.761. The number of hydrogen-bond acceptors (Lipinski definition) is 2. The third-order valence-corrected chi connectivity index (χ3v) is 4.93. The maximum absolute atomic E-state index is 3.50. The maximum atomic E-state index is 3.50. The van der Waals surface area contributed by atoms with Gasteiger partial charge in [-0.2, -0.15) is 11.8 Å². The lowest BCUT2D eigenvalue weighted by atomic mass is 10.0. The van der Waals surface area contributed by atoms with Gasteiger partial charge in [-0.1, -0.05) is 26.7 Å². The molecule has 2 heteroatoms. The fourth-order valence-corrected chi connectivity index (χ4v) is 3.41. The molecule has 1 fully saturated rings. The maximum Gasteiger partial charge on any atom is 0.0183 e. The van der Waals surface area contributed by atoms with E-state index in [1.165, 1.54) is 37.9 Å². The highest BCUT2D eigenvalue weighted by molar-refractivity contribution is 7.99. The molecule has 0 amide bonds. The van der Waals surface area contributed by atoms with Crippen LogP contribution in [0.25, 0.3) is 0 Å². The molecule has 0 spiro atoms. The van der Waals surface area contributed by atoms with E-state index in [1.54, 1.807) is 0 Å². The second kappa shape index (κ2) is 6.73. The number of thioether (sulfide) groups is 1. The summed E-state index contributed by atoms with van der Waals surface area (Å²) in [5.74, 6) is 2.26. The molecule has 0 aromatic heterocycles. The van der Waals surface area contributed by atoms with Crippen LogP contribution in [0.4, 0.5) is 0 Å². The molecule has 2 atom stereocenters. The normalized spacial score (nSPS) is 22.5. The smallest absolute Gasteiger partial charge is 0.0183 e. The zero-order valence-corrected chi connectivity index (χ0v) is 10.7. The van der Waals surface area contributed by atoms with Gasteiger partial charge in [-0.15, -0.1) is 0 Å². The van der Waals surface area contributed by atoms with Gasteiger partial charge in [0.05, 0.1) is 0 Å². The fourth-order valence-electron chi connectivity index (χ4n) is 2.20. The van der Waals surface area contributed by atoms with Crippen LogP contribution in [0.2, 0.25) is 0 Å². The van der Waals surface area contributed by atoms with Crippen LogP contribution in [-0.2, 0) is 0 Å². The van der Waals surface area contributed by atoms with Crippen LogP contribution in [-0.4, -0.2) is 24.1 Å². The zero-order valence-electron chi connectivity index (χ0n) is 9.88. The molecule has 1 aliphatic rings.